The van der Waals surface area contributed by atoms with Gasteiger partial charge in [0, 0.05) is 0 Å². The first kappa shape index (κ1) is 11.9. The molecule has 1 aliphatic heterocycles. The summed E-state index contributed by atoms with van der Waals surface area (Å²) in [6.07, 6.45) is -0.488. The van der Waals surface area contributed by atoms with Gasteiger partial charge in [0.15, 0.2) is 6.10 Å². The highest BCUT2D eigenvalue weighted by molar-refractivity contribution is 5.81. The normalized spacial score (nSPS) is 17.1. The molecule has 0 aromatic heterocycles. The summed E-state index contributed by atoms with van der Waals surface area (Å²) in [4.78, 5) is 11.7. The van der Waals surface area contributed by atoms with Crippen LogP contribution in [0.1, 0.15) is 12.5 Å². The number of amides is 1. The highest BCUT2D eigenvalue weighted by Crippen LogP contribution is 2.13. The van der Waals surface area contributed by atoms with Crippen LogP contribution in [0.5, 0.6) is 5.75 Å². The van der Waals surface area contributed by atoms with E-state index in [1.54, 1.807) is 6.92 Å². The second-order valence-electron chi connectivity index (χ2n) is 4.32. The van der Waals surface area contributed by atoms with E-state index in [0.717, 1.165) is 0 Å². The van der Waals surface area contributed by atoms with Gasteiger partial charge >= 0.3 is 0 Å². The van der Waals surface area contributed by atoms with Crippen LogP contribution >= 0.6 is 0 Å². The summed E-state index contributed by atoms with van der Waals surface area (Å²) in [5.41, 5.74) is 1.17. The van der Waals surface area contributed by atoms with E-state index in [0.29, 0.717) is 19.0 Å². The number of benzene rings is 1. The maximum absolute atomic E-state index is 11.7. The van der Waals surface area contributed by atoms with Gasteiger partial charge in [0.2, 0.25) is 0 Å². The summed E-state index contributed by atoms with van der Waals surface area (Å²) in [5.74, 6) is 0.613. The minimum Gasteiger partial charge on any atom is -0.481 e. The van der Waals surface area contributed by atoms with Crippen LogP contribution in [0, 0.1) is 6.92 Å². The maximum atomic E-state index is 11.7. The van der Waals surface area contributed by atoms with Crippen molar-refractivity contribution in [3.63, 3.8) is 0 Å². The quantitative estimate of drug-likeness (QED) is 0.855. The van der Waals surface area contributed by atoms with E-state index in [1.807, 2.05) is 31.2 Å². The lowest BCUT2D eigenvalue weighted by atomic mass is 10.2. The second kappa shape index (κ2) is 5.19. The van der Waals surface area contributed by atoms with Crippen LogP contribution in [0.2, 0.25) is 0 Å². The van der Waals surface area contributed by atoms with Crippen LogP contribution in [0.3, 0.4) is 0 Å². The van der Waals surface area contributed by atoms with Crippen LogP contribution in [-0.2, 0) is 9.53 Å². The summed E-state index contributed by atoms with van der Waals surface area (Å²) in [6.45, 7) is 4.96. The van der Waals surface area contributed by atoms with Gasteiger partial charge in [0.25, 0.3) is 5.91 Å². The van der Waals surface area contributed by atoms with Crippen molar-refractivity contribution >= 4 is 5.91 Å². The van der Waals surface area contributed by atoms with Crippen LogP contribution < -0.4 is 10.1 Å². The van der Waals surface area contributed by atoms with E-state index in [-0.39, 0.29) is 11.9 Å². The van der Waals surface area contributed by atoms with Gasteiger partial charge in [0.1, 0.15) is 5.75 Å². The minimum absolute atomic E-state index is 0.0983. The fourth-order valence-corrected chi connectivity index (χ4v) is 1.51. The fourth-order valence-electron chi connectivity index (χ4n) is 1.51. The number of hydrogen-bond acceptors (Lipinski definition) is 3. The molecule has 1 N–H and O–H groups in total. The van der Waals surface area contributed by atoms with E-state index in [4.69, 9.17) is 9.47 Å². The van der Waals surface area contributed by atoms with Crippen LogP contribution in [0.15, 0.2) is 24.3 Å². The Hall–Kier alpha value is -1.55. The van der Waals surface area contributed by atoms with Crippen molar-refractivity contribution in [3.05, 3.63) is 29.8 Å². The Morgan fingerprint density at radius 1 is 1.41 bits per heavy atom. The summed E-state index contributed by atoms with van der Waals surface area (Å²) in [5, 5.41) is 2.86. The first-order valence-corrected chi connectivity index (χ1v) is 5.76. The molecule has 1 aliphatic rings. The zero-order valence-corrected chi connectivity index (χ0v) is 10.1. The molecule has 4 nitrogen and oxygen atoms in total. The third-order valence-electron chi connectivity index (χ3n) is 2.69. The molecular formula is C13H17NO3. The molecule has 4 heteroatoms. The lowest BCUT2D eigenvalue weighted by Gasteiger charge is -2.28. The molecule has 1 unspecified atom stereocenters. The molecule has 0 radical (unpaired) electrons. The van der Waals surface area contributed by atoms with Gasteiger partial charge in [-0.3, -0.25) is 4.79 Å². The van der Waals surface area contributed by atoms with E-state index < -0.39 is 6.10 Å². The van der Waals surface area contributed by atoms with Crippen molar-refractivity contribution in [2.75, 3.05) is 13.2 Å². The Balaban J connectivity index is 1.84. The molecule has 1 amide bonds. The zero-order valence-electron chi connectivity index (χ0n) is 10.1. The van der Waals surface area contributed by atoms with Gasteiger partial charge < -0.3 is 14.8 Å². The Morgan fingerprint density at radius 2 is 2.06 bits per heavy atom. The molecule has 0 aliphatic carbocycles. The Bertz CT molecular complexity index is 384. The lowest BCUT2D eigenvalue weighted by Crippen LogP contribution is -2.51. The highest BCUT2D eigenvalue weighted by atomic mass is 16.5. The van der Waals surface area contributed by atoms with Gasteiger partial charge in [-0.25, -0.2) is 0 Å². The van der Waals surface area contributed by atoms with Gasteiger partial charge in [-0.15, -0.1) is 0 Å². The molecular weight excluding hydrogens is 218 g/mol. The molecule has 2 rings (SSSR count). The number of nitrogens with one attached hydrogen (secondary N) is 1. The number of ether oxygens (including phenoxy) is 2. The van der Waals surface area contributed by atoms with Crippen LogP contribution in [-0.4, -0.2) is 31.3 Å². The standard InChI is InChI=1S/C13H17NO3/c1-9-3-5-12(6-4-9)17-10(2)13(15)14-11-7-16-8-11/h3-6,10-11H,7-8H2,1-2H3,(H,14,15). The number of carbonyl (C=O) groups is 1. The van der Waals surface area contributed by atoms with Crippen molar-refractivity contribution in [1.82, 2.24) is 5.32 Å². The molecule has 0 saturated carbocycles. The summed E-state index contributed by atoms with van der Waals surface area (Å²) >= 11 is 0. The molecule has 92 valence electrons. The minimum atomic E-state index is -0.488. The predicted molar refractivity (Wildman–Crippen MR) is 64.0 cm³/mol. The van der Waals surface area contributed by atoms with Crippen LogP contribution in [0.25, 0.3) is 0 Å². The van der Waals surface area contributed by atoms with Crippen molar-refractivity contribution < 1.29 is 14.3 Å². The van der Waals surface area contributed by atoms with Crippen LogP contribution in [0.4, 0.5) is 0 Å². The van der Waals surface area contributed by atoms with Gasteiger partial charge in [-0.1, -0.05) is 17.7 Å². The van der Waals surface area contributed by atoms with Crippen molar-refractivity contribution in [2.24, 2.45) is 0 Å². The monoisotopic (exact) mass is 235 g/mol. The first-order chi connectivity index (χ1) is 8.15. The molecule has 1 saturated heterocycles. The topological polar surface area (TPSA) is 47.6 Å². The van der Waals surface area contributed by atoms with E-state index in [1.165, 1.54) is 5.56 Å². The molecule has 1 atom stereocenters. The van der Waals surface area contributed by atoms with Gasteiger partial charge in [-0.05, 0) is 26.0 Å². The van der Waals surface area contributed by atoms with Crippen molar-refractivity contribution in [3.8, 4) is 5.75 Å². The smallest absolute Gasteiger partial charge is 0.261 e. The Morgan fingerprint density at radius 3 is 2.59 bits per heavy atom. The maximum Gasteiger partial charge on any atom is 0.261 e. The molecule has 0 bridgehead atoms. The highest BCUT2D eigenvalue weighted by Gasteiger charge is 2.23. The molecule has 17 heavy (non-hydrogen) atoms. The molecule has 1 heterocycles. The Kier molecular flexibility index (Phi) is 3.64. The molecule has 1 aromatic carbocycles. The zero-order chi connectivity index (χ0) is 12.3. The summed E-state index contributed by atoms with van der Waals surface area (Å²) < 4.78 is 10.5. The molecule has 1 aromatic rings. The predicted octanol–water partition coefficient (Wildman–Crippen LogP) is 1.28. The van der Waals surface area contributed by atoms with E-state index in [2.05, 4.69) is 5.32 Å². The second-order valence-corrected chi connectivity index (χ2v) is 4.32. The van der Waals surface area contributed by atoms with Gasteiger partial charge in [-0.2, -0.15) is 0 Å². The average molecular weight is 235 g/mol. The van der Waals surface area contributed by atoms with Gasteiger partial charge in [0.05, 0.1) is 19.3 Å². The molecule has 0 spiro atoms. The van der Waals surface area contributed by atoms with Crippen molar-refractivity contribution in [2.45, 2.75) is 26.0 Å². The third kappa shape index (κ3) is 3.20. The summed E-state index contributed by atoms with van der Waals surface area (Å²) in [6, 6.07) is 7.79. The van der Waals surface area contributed by atoms with E-state index in [9.17, 15) is 4.79 Å². The lowest BCUT2D eigenvalue weighted by molar-refractivity contribution is -0.131. The van der Waals surface area contributed by atoms with Crippen molar-refractivity contribution in [1.29, 1.82) is 0 Å². The van der Waals surface area contributed by atoms with E-state index >= 15 is 0 Å². The average Bonchev–Trinajstić information content (AvgIpc) is 2.26. The third-order valence-corrected chi connectivity index (χ3v) is 2.69. The fraction of sp³-hybridized carbons (Fsp3) is 0.462. The SMILES string of the molecule is Cc1ccc(OC(C)C(=O)NC2COC2)cc1. The number of carbonyl (C=O) groups excluding carboxylic acids is 1. The number of rotatable bonds is 4. The number of hydrogen-bond donors (Lipinski definition) is 1. The molecule has 1 fully saturated rings. The summed E-state index contributed by atoms with van der Waals surface area (Å²) in [7, 11) is 0. The Labute approximate surface area is 101 Å². The largest absolute Gasteiger partial charge is 0.481 e. The number of aryl methyl sites for hydroxylation is 1. The first-order valence-electron chi connectivity index (χ1n) is 5.76.